The molecular weight excluding hydrogens is 512 g/mol. The maximum Gasteiger partial charge on any atom is 0.252 e. The zero-order chi connectivity index (χ0) is 28.8. The summed E-state index contributed by atoms with van der Waals surface area (Å²) in [5.41, 5.74) is 4.06. The highest BCUT2D eigenvalue weighted by Gasteiger charge is 2.45. The van der Waals surface area contributed by atoms with Crippen LogP contribution >= 0.6 is 0 Å². The molecular formula is C25H40N6O8. The van der Waals surface area contributed by atoms with Crippen molar-refractivity contribution >= 4 is 29.3 Å². The zero-order valence-corrected chi connectivity index (χ0v) is 22.6. The van der Waals surface area contributed by atoms with Gasteiger partial charge in [0.15, 0.2) is 6.29 Å². The summed E-state index contributed by atoms with van der Waals surface area (Å²) < 4.78 is 11.1. The summed E-state index contributed by atoms with van der Waals surface area (Å²) in [6.45, 7) is 5.41. The molecule has 3 amide bonds. The number of rotatable bonds is 15. The minimum Gasteiger partial charge on any atom is -0.394 e. The lowest BCUT2D eigenvalue weighted by atomic mass is 9.97. The summed E-state index contributed by atoms with van der Waals surface area (Å²) in [5.74, 6) is -0.292. The monoisotopic (exact) mass is 552 g/mol. The first-order valence-electron chi connectivity index (χ1n) is 12.9. The Hall–Kier alpha value is -3.17. The average molecular weight is 553 g/mol. The first-order valence-corrected chi connectivity index (χ1v) is 12.9. The maximum atomic E-state index is 12.2. The molecule has 0 bridgehead atoms. The van der Waals surface area contributed by atoms with Gasteiger partial charge < -0.3 is 40.7 Å². The number of aliphatic hydroxyl groups excluding tert-OH is 3. The fourth-order valence-corrected chi connectivity index (χ4v) is 3.67. The molecule has 5 unspecified atom stereocenters. The molecule has 0 aromatic carbocycles. The van der Waals surface area contributed by atoms with Crippen molar-refractivity contribution in [3.05, 3.63) is 23.9 Å². The van der Waals surface area contributed by atoms with E-state index in [1.807, 2.05) is 13.8 Å². The standard InChI is InChI=1S/C25H40N6O8/c1-15(2)30-31-19-9-8-17(13-28-19)24(37)27-11-6-10-26-20(34)7-4-5-12-38-25-21(29-16(3)33)23(36)22(35)18(14-32)39-25/h8-9,13,18,21-23,25,32,35-36H,4-7,10-12,14H2,1-3H3,(H,26,34)(H,27,37)(H,28,31)(H,29,33). The van der Waals surface area contributed by atoms with Crippen LogP contribution in [0.25, 0.3) is 0 Å². The van der Waals surface area contributed by atoms with Crippen LogP contribution in [0.5, 0.6) is 0 Å². The Morgan fingerprint density at radius 1 is 1.05 bits per heavy atom. The summed E-state index contributed by atoms with van der Waals surface area (Å²) in [4.78, 5) is 39.9. The highest BCUT2D eigenvalue weighted by atomic mass is 16.7. The van der Waals surface area contributed by atoms with E-state index in [2.05, 4.69) is 31.5 Å². The topological polar surface area (TPSA) is 204 Å². The Balaban J connectivity index is 1.59. The summed E-state index contributed by atoms with van der Waals surface area (Å²) in [5, 5.41) is 41.7. The van der Waals surface area contributed by atoms with Gasteiger partial charge in [-0.05, 0) is 45.2 Å². The molecule has 1 aliphatic heterocycles. The molecule has 0 saturated carbocycles. The number of nitrogens with one attached hydrogen (secondary N) is 4. The van der Waals surface area contributed by atoms with Crippen LogP contribution in [0.15, 0.2) is 23.4 Å². The summed E-state index contributed by atoms with van der Waals surface area (Å²) in [6.07, 6.45) is -1.53. The van der Waals surface area contributed by atoms with Gasteiger partial charge in [-0.25, -0.2) is 4.98 Å². The van der Waals surface area contributed by atoms with Crippen molar-refractivity contribution in [2.75, 3.05) is 31.7 Å². The molecule has 7 N–H and O–H groups in total. The Kier molecular flexibility index (Phi) is 13.7. The lowest BCUT2D eigenvalue weighted by Crippen LogP contribution is -2.64. The molecule has 0 spiro atoms. The molecule has 2 rings (SSSR count). The SMILES string of the molecule is CC(=O)NC1C(OCCCCC(=O)NCCCNC(=O)c2ccc(NN=C(C)C)nc2)OC(CO)C(O)C1O. The predicted octanol–water partition coefficient (Wildman–Crippen LogP) is -0.744. The van der Waals surface area contributed by atoms with Crippen LogP contribution in [0.2, 0.25) is 0 Å². The fourth-order valence-electron chi connectivity index (χ4n) is 3.67. The molecule has 14 nitrogen and oxygen atoms in total. The van der Waals surface area contributed by atoms with E-state index in [4.69, 9.17) is 9.47 Å². The van der Waals surface area contributed by atoms with Gasteiger partial charge in [0.05, 0.1) is 12.2 Å². The van der Waals surface area contributed by atoms with Crippen molar-refractivity contribution in [1.82, 2.24) is 20.9 Å². The van der Waals surface area contributed by atoms with Crippen molar-refractivity contribution in [1.29, 1.82) is 0 Å². The summed E-state index contributed by atoms with van der Waals surface area (Å²) in [6, 6.07) is 2.31. The first-order chi connectivity index (χ1) is 18.6. The number of carbonyl (C=O) groups excluding carboxylic acids is 3. The summed E-state index contributed by atoms with van der Waals surface area (Å²) >= 11 is 0. The number of hydrazone groups is 1. The van der Waals surface area contributed by atoms with Crippen molar-refractivity contribution < 1.29 is 39.2 Å². The average Bonchev–Trinajstić information content (AvgIpc) is 2.90. The van der Waals surface area contributed by atoms with Crippen LogP contribution in [0, 0.1) is 0 Å². The van der Waals surface area contributed by atoms with Crippen LogP contribution in [0.3, 0.4) is 0 Å². The number of aromatic nitrogens is 1. The van der Waals surface area contributed by atoms with Crippen LogP contribution in [-0.4, -0.2) is 101 Å². The normalized spacial score (nSPS) is 22.5. The van der Waals surface area contributed by atoms with Crippen molar-refractivity contribution in [2.24, 2.45) is 5.10 Å². The van der Waals surface area contributed by atoms with Crippen LogP contribution in [-0.2, 0) is 19.1 Å². The third kappa shape index (κ3) is 11.2. The molecule has 218 valence electrons. The molecule has 39 heavy (non-hydrogen) atoms. The van der Waals surface area contributed by atoms with E-state index in [9.17, 15) is 29.7 Å². The highest BCUT2D eigenvalue weighted by Crippen LogP contribution is 2.22. The van der Waals surface area contributed by atoms with Gasteiger partial charge in [0.1, 0.15) is 30.2 Å². The molecule has 1 saturated heterocycles. The van der Waals surface area contributed by atoms with Gasteiger partial charge >= 0.3 is 0 Å². The van der Waals surface area contributed by atoms with E-state index in [1.165, 1.54) is 13.1 Å². The zero-order valence-electron chi connectivity index (χ0n) is 22.6. The van der Waals surface area contributed by atoms with Crippen LogP contribution in [0.4, 0.5) is 5.82 Å². The molecule has 5 atom stereocenters. The largest absolute Gasteiger partial charge is 0.394 e. The number of unbranched alkanes of at least 4 members (excludes halogenated alkanes) is 1. The molecule has 0 radical (unpaired) electrons. The fraction of sp³-hybridized carbons (Fsp3) is 0.640. The number of pyridine rings is 1. The van der Waals surface area contributed by atoms with Crippen LogP contribution < -0.4 is 21.4 Å². The molecule has 1 aliphatic rings. The van der Waals surface area contributed by atoms with Gasteiger partial charge in [-0.15, -0.1) is 0 Å². The smallest absolute Gasteiger partial charge is 0.252 e. The molecule has 1 aromatic rings. The Morgan fingerprint density at radius 2 is 1.79 bits per heavy atom. The second-order valence-electron chi connectivity index (χ2n) is 9.32. The van der Waals surface area contributed by atoms with E-state index >= 15 is 0 Å². The number of hydrogen-bond acceptors (Lipinski definition) is 11. The predicted molar refractivity (Wildman–Crippen MR) is 142 cm³/mol. The van der Waals surface area contributed by atoms with E-state index < -0.39 is 43.2 Å². The second-order valence-corrected chi connectivity index (χ2v) is 9.32. The number of carbonyl (C=O) groups is 3. The van der Waals surface area contributed by atoms with Gasteiger partial charge in [0, 0.05) is 44.9 Å². The Bertz CT molecular complexity index is 956. The molecule has 2 heterocycles. The Labute approximate surface area is 227 Å². The number of anilines is 1. The molecule has 1 fully saturated rings. The van der Waals surface area contributed by atoms with Crippen LogP contribution in [0.1, 0.15) is 56.8 Å². The molecule has 14 heteroatoms. The highest BCUT2D eigenvalue weighted by molar-refractivity contribution is 5.94. The van der Waals surface area contributed by atoms with Gasteiger partial charge in [0.25, 0.3) is 5.91 Å². The maximum absolute atomic E-state index is 12.2. The molecule has 0 aliphatic carbocycles. The van der Waals surface area contributed by atoms with E-state index in [0.717, 1.165) is 5.71 Å². The number of aliphatic hydroxyl groups is 3. The lowest BCUT2D eigenvalue weighted by molar-refractivity contribution is -0.270. The van der Waals surface area contributed by atoms with Crippen molar-refractivity contribution in [3.63, 3.8) is 0 Å². The third-order valence-electron chi connectivity index (χ3n) is 5.71. The van der Waals surface area contributed by atoms with E-state index in [-0.39, 0.29) is 24.8 Å². The minimum atomic E-state index is -1.37. The summed E-state index contributed by atoms with van der Waals surface area (Å²) in [7, 11) is 0. The van der Waals surface area contributed by atoms with Gasteiger partial charge in [0.2, 0.25) is 11.8 Å². The van der Waals surface area contributed by atoms with E-state index in [1.54, 1.807) is 12.1 Å². The van der Waals surface area contributed by atoms with Gasteiger partial charge in [-0.2, -0.15) is 5.10 Å². The quantitative estimate of drug-likeness (QED) is 0.0824. The number of hydrogen-bond donors (Lipinski definition) is 7. The molecule has 1 aromatic heterocycles. The second kappa shape index (κ2) is 16.7. The van der Waals surface area contributed by atoms with Crippen molar-refractivity contribution in [3.8, 4) is 0 Å². The minimum absolute atomic E-state index is 0.137. The number of ether oxygens (including phenoxy) is 2. The van der Waals surface area contributed by atoms with Crippen molar-refractivity contribution in [2.45, 2.75) is 77.1 Å². The van der Waals surface area contributed by atoms with Gasteiger partial charge in [-0.3, -0.25) is 19.8 Å². The first kappa shape index (κ1) is 32.0. The van der Waals surface area contributed by atoms with Gasteiger partial charge in [-0.1, -0.05) is 0 Å². The van der Waals surface area contributed by atoms with E-state index in [0.29, 0.717) is 43.7 Å². The lowest BCUT2D eigenvalue weighted by Gasteiger charge is -2.42. The number of nitrogens with zero attached hydrogens (tertiary/aromatic N) is 2. The third-order valence-corrected chi connectivity index (χ3v) is 5.71. The Morgan fingerprint density at radius 3 is 2.44 bits per heavy atom. The number of amides is 3.